The normalized spacial score (nSPS) is 13.3. The molecule has 0 amide bonds. The van der Waals surface area contributed by atoms with Crippen molar-refractivity contribution in [3.05, 3.63) is 28.9 Å². The second-order valence-electron chi connectivity index (χ2n) is 3.78. The van der Waals surface area contributed by atoms with Crippen molar-refractivity contribution in [1.82, 2.24) is 4.98 Å². The predicted molar refractivity (Wildman–Crippen MR) is 67.3 cm³/mol. The number of benzene rings is 1. The Morgan fingerprint density at radius 2 is 1.94 bits per heavy atom. The van der Waals surface area contributed by atoms with E-state index in [0.29, 0.717) is 23.2 Å². The van der Waals surface area contributed by atoms with Crippen LogP contribution < -0.4 is 9.47 Å². The fourth-order valence-corrected chi connectivity index (χ4v) is 2.31. The van der Waals surface area contributed by atoms with Gasteiger partial charge in [-0.25, -0.2) is 4.98 Å². The Bertz CT molecular complexity index is 586. The lowest BCUT2D eigenvalue weighted by Gasteiger charge is -2.05. The summed E-state index contributed by atoms with van der Waals surface area (Å²) in [5.74, 6) is 1.99. The van der Waals surface area contributed by atoms with Gasteiger partial charge in [0, 0.05) is 17.3 Å². The van der Waals surface area contributed by atoms with E-state index >= 15 is 0 Å². The second-order valence-corrected chi connectivity index (χ2v) is 4.51. The van der Waals surface area contributed by atoms with E-state index < -0.39 is 0 Å². The van der Waals surface area contributed by atoms with Crippen molar-refractivity contribution in [3.8, 4) is 11.5 Å². The van der Waals surface area contributed by atoms with Gasteiger partial charge in [-0.2, -0.15) is 0 Å². The van der Waals surface area contributed by atoms with Gasteiger partial charge in [-0.05, 0) is 24.1 Å². The number of ether oxygens (including phenoxy) is 2. The van der Waals surface area contributed by atoms with Crippen molar-refractivity contribution in [2.45, 2.75) is 6.42 Å². The molecule has 3 rings (SSSR count). The van der Waals surface area contributed by atoms with Crippen LogP contribution in [0.2, 0.25) is 5.15 Å². The van der Waals surface area contributed by atoms with Gasteiger partial charge in [-0.1, -0.05) is 11.6 Å². The molecule has 0 atom stereocenters. The van der Waals surface area contributed by atoms with Crippen molar-refractivity contribution in [1.29, 1.82) is 0 Å². The molecular weight excluding hydrogens is 261 g/mol. The summed E-state index contributed by atoms with van der Waals surface area (Å²) < 4.78 is 10.6. The van der Waals surface area contributed by atoms with E-state index in [-0.39, 0.29) is 6.79 Å². The third kappa shape index (κ3) is 1.90. The maximum atomic E-state index is 6.09. The molecule has 2 heterocycles. The van der Waals surface area contributed by atoms with Gasteiger partial charge in [-0.15, -0.1) is 11.6 Å². The number of aromatic nitrogens is 1. The summed E-state index contributed by atoms with van der Waals surface area (Å²) in [7, 11) is 0. The minimum atomic E-state index is 0.258. The van der Waals surface area contributed by atoms with Crippen molar-refractivity contribution in [2.24, 2.45) is 0 Å². The molecule has 0 bridgehead atoms. The molecule has 5 heteroatoms. The van der Waals surface area contributed by atoms with Crippen LogP contribution in [0.15, 0.2) is 18.2 Å². The highest BCUT2D eigenvalue weighted by molar-refractivity contribution is 6.30. The molecule has 0 saturated heterocycles. The molecule has 88 valence electrons. The quantitative estimate of drug-likeness (QED) is 0.619. The summed E-state index contributed by atoms with van der Waals surface area (Å²) in [6.07, 6.45) is 0.706. The van der Waals surface area contributed by atoms with Crippen LogP contribution in [0.5, 0.6) is 11.5 Å². The van der Waals surface area contributed by atoms with E-state index in [1.807, 2.05) is 18.2 Å². The van der Waals surface area contributed by atoms with E-state index in [2.05, 4.69) is 4.98 Å². The van der Waals surface area contributed by atoms with Crippen molar-refractivity contribution >= 4 is 34.1 Å². The third-order valence-corrected chi connectivity index (χ3v) is 3.22. The first-order valence-electron chi connectivity index (χ1n) is 5.22. The maximum absolute atomic E-state index is 6.09. The molecule has 1 aliphatic heterocycles. The Hall–Kier alpha value is -1.19. The molecule has 0 aliphatic carbocycles. The van der Waals surface area contributed by atoms with Gasteiger partial charge in [0.15, 0.2) is 11.5 Å². The molecule has 17 heavy (non-hydrogen) atoms. The molecule has 0 radical (unpaired) electrons. The average Bonchev–Trinajstić information content (AvgIpc) is 2.74. The number of nitrogens with zero attached hydrogens (tertiary/aromatic N) is 1. The lowest BCUT2D eigenvalue weighted by molar-refractivity contribution is 0.174. The van der Waals surface area contributed by atoms with Crippen molar-refractivity contribution < 1.29 is 9.47 Å². The topological polar surface area (TPSA) is 31.4 Å². The Morgan fingerprint density at radius 1 is 1.18 bits per heavy atom. The Kier molecular flexibility index (Phi) is 2.73. The lowest BCUT2D eigenvalue weighted by atomic mass is 10.1. The maximum Gasteiger partial charge on any atom is 0.231 e. The fraction of sp³-hybridized carbons (Fsp3) is 0.250. The van der Waals surface area contributed by atoms with E-state index in [1.54, 1.807) is 0 Å². The minimum Gasteiger partial charge on any atom is -0.454 e. The number of fused-ring (bicyclic) bond motifs is 2. The molecule has 0 fully saturated rings. The van der Waals surface area contributed by atoms with Crippen LogP contribution in [0.25, 0.3) is 10.9 Å². The molecule has 1 aromatic carbocycles. The number of hydrogen-bond donors (Lipinski definition) is 0. The van der Waals surface area contributed by atoms with Crippen LogP contribution >= 0.6 is 23.2 Å². The van der Waals surface area contributed by atoms with Crippen molar-refractivity contribution in [2.75, 3.05) is 12.7 Å². The number of hydrogen-bond acceptors (Lipinski definition) is 3. The third-order valence-electron chi connectivity index (χ3n) is 2.70. The van der Waals surface area contributed by atoms with Crippen LogP contribution in [0.4, 0.5) is 0 Å². The summed E-state index contributed by atoms with van der Waals surface area (Å²) in [5.41, 5.74) is 1.76. The first-order valence-corrected chi connectivity index (χ1v) is 6.14. The van der Waals surface area contributed by atoms with Crippen LogP contribution in [-0.2, 0) is 6.42 Å². The number of aryl methyl sites for hydroxylation is 1. The SMILES string of the molecule is ClCCc1cc2cc3c(cc2nc1Cl)OCO3. The van der Waals surface area contributed by atoms with E-state index in [0.717, 1.165) is 22.2 Å². The van der Waals surface area contributed by atoms with Crippen LogP contribution in [0.3, 0.4) is 0 Å². The molecule has 3 nitrogen and oxygen atoms in total. The first kappa shape index (κ1) is 10.9. The summed E-state index contributed by atoms with van der Waals surface area (Å²) in [6.45, 7) is 0.258. The molecule has 0 unspecified atom stereocenters. The number of alkyl halides is 1. The average molecular weight is 270 g/mol. The van der Waals surface area contributed by atoms with Gasteiger partial charge in [0.2, 0.25) is 6.79 Å². The highest BCUT2D eigenvalue weighted by atomic mass is 35.5. The zero-order valence-corrected chi connectivity index (χ0v) is 10.4. The van der Waals surface area contributed by atoms with Crippen LogP contribution in [0.1, 0.15) is 5.56 Å². The van der Waals surface area contributed by atoms with E-state index in [9.17, 15) is 0 Å². The zero-order valence-electron chi connectivity index (χ0n) is 8.87. The van der Waals surface area contributed by atoms with Gasteiger partial charge in [0.1, 0.15) is 5.15 Å². The molecule has 0 N–H and O–H groups in total. The largest absolute Gasteiger partial charge is 0.454 e. The summed E-state index contributed by atoms with van der Waals surface area (Å²) in [6, 6.07) is 5.75. The molecule has 1 aliphatic rings. The molecule has 0 spiro atoms. The van der Waals surface area contributed by atoms with Gasteiger partial charge in [-0.3, -0.25) is 0 Å². The minimum absolute atomic E-state index is 0.258. The highest BCUT2D eigenvalue weighted by Gasteiger charge is 2.15. The summed E-state index contributed by atoms with van der Waals surface area (Å²) >= 11 is 11.8. The molecular formula is C12H9Cl2NO2. The van der Waals surface area contributed by atoms with Crippen LogP contribution in [-0.4, -0.2) is 17.7 Å². The second kappa shape index (κ2) is 4.24. The zero-order chi connectivity index (χ0) is 11.8. The van der Waals surface area contributed by atoms with Gasteiger partial charge >= 0.3 is 0 Å². The number of rotatable bonds is 2. The van der Waals surface area contributed by atoms with Gasteiger partial charge in [0.25, 0.3) is 0 Å². The van der Waals surface area contributed by atoms with E-state index in [1.165, 1.54) is 0 Å². The molecule has 2 aromatic rings. The van der Waals surface area contributed by atoms with Gasteiger partial charge < -0.3 is 9.47 Å². The molecule has 1 aromatic heterocycles. The number of pyridine rings is 1. The standard InChI is InChI=1S/C12H9Cl2NO2/c13-2-1-7-3-8-4-10-11(17-6-16-10)5-9(8)15-12(7)14/h3-5H,1-2,6H2. The van der Waals surface area contributed by atoms with Crippen molar-refractivity contribution in [3.63, 3.8) is 0 Å². The Labute approximate surface area is 108 Å². The highest BCUT2D eigenvalue weighted by Crippen LogP contribution is 2.36. The van der Waals surface area contributed by atoms with Crippen LogP contribution in [0, 0.1) is 0 Å². The fourth-order valence-electron chi connectivity index (χ4n) is 1.86. The monoisotopic (exact) mass is 269 g/mol. The Balaban J connectivity index is 2.18. The Morgan fingerprint density at radius 3 is 2.71 bits per heavy atom. The summed E-state index contributed by atoms with van der Waals surface area (Å²) in [5, 5.41) is 1.48. The first-order chi connectivity index (χ1) is 8.28. The lowest BCUT2D eigenvalue weighted by Crippen LogP contribution is -1.92. The smallest absolute Gasteiger partial charge is 0.231 e. The molecule has 0 saturated carbocycles. The van der Waals surface area contributed by atoms with E-state index in [4.69, 9.17) is 32.7 Å². The number of halogens is 2. The predicted octanol–water partition coefficient (Wildman–Crippen LogP) is 3.40. The van der Waals surface area contributed by atoms with Gasteiger partial charge in [0.05, 0.1) is 5.52 Å². The summed E-state index contributed by atoms with van der Waals surface area (Å²) in [4.78, 5) is 4.34.